The van der Waals surface area contributed by atoms with Gasteiger partial charge < -0.3 is 9.30 Å². The van der Waals surface area contributed by atoms with Crippen LogP contribution in [0.1, 0.15) is 17.2 Å². The molecule has 23 heavy (non-hydrogen) atoms. The van der Waals surface area contributed by atoms with Gasteiger partial charge in [0.25, 0.3) is 0 Å². The van der Waals surface area contributed by atoms with E-state index in [1.54, 1.807) is 0 Å². The van der Waals surface area contributed by atoms with Gasteiger partial charge in [-0.25, -0.2) is 0 Å². The summed E-state index contributed by atoms with van der Waals surface area (Å²) < 4.78 is 7.57. The molecule has 4 nitrogen and oxygen atoms in total. The molecule has 0 amide bonds. The highest BCUT2D eigenvalue weighted by atomic mass is 16.5. The molecule has 0 radical (unpaired) electrons. The lowest BCUT2D eigenvalue weighted by Gasteiger charge is -2.27. The number of nitrogens with zero attached hydrogens (tertiary/aromatic N) is 2. The third-order valence-electron chi connectivity index (χ3n) is 4.49. The van der Waals surface area contributed by atoms with Crippen LogP contribution in [0.15, 0.2) is 54.6 Å². The first kappa shape index (κ1) is 13.6. The molecule has 0 N–H and O–H groups in total. The maximum Gasteiger partial charge on any atom is 0.329 e. The quantitative estimate of drug-likeness (QED) is 0.648. The van der Waals surface area contributed by atoms with E-state index in [1.165, 1.54) is 0 Å². The van der Waals surface area contributed by atoms with Crippen LogP contribution in [0.25, 0.3) is 10.9 Å². The summed E-state index contributed by atoms with van der Waals surface area (Å²) in [5.41, 5.74) is 2.82. The minimum absolute atomic E-state index is 0.324. The van der Waals surface area contributed by atoms with Crippen molar-refractivity contribution in [2.24, 2.45) is 13.0 Å². The van der Waals surface area contributed by atoms with E-state index in [1.807, 2.05) is 66.2 Å². The van der Waals surface area contributed by atoms with Crippen LogP contribution in [0.2, 0.25) is 0 Å². The van der Waals surface area contributed by atoms with E-state index >= 15 is 0 Å². The minimum Gasteiger partial charge on any atom is -0.423 e. The first-order chi connectivity index (χ1) is 11.2. The molecule has 4 heteroatoms. The lowest BCUT2D eigenvalue weighted by atomic mass is 9.82. The van der Waals surface area contributed by atoms with Crippen LogP contribution < -0.4 is 4.74 Å². The molecule has 0 fully saturated rings. The van der Waals surface area contributed by atoms with Crippen LogP contribution in [0.5, 0.6) is 5.75 Å². The predicted octanol–water partition coefficient (Wildman–Crippen LogP) is 3.37. The number of aromatic nitrogens is 1. The van der Waals surface area contributed by atoms with E-state index in [0.717, 1.165) is 22.2 Å². The van der Waals surface area contributed by atoms with Gasteiger partial charge in [-0.3, -0.25) is 4.79 Å². The van der Waals surface area contributed by atoms with Crippen LogP contribution >= 0.6 is 0 Å². The van der Waals surface area contributed by atoms with Gasteiger partial charge in [0.05, 0.1) is 23.2 Å². The zero-order valence-corrected chi connectivity index (χ0v) is 12.6. The monoisotopic (exact) mass is 302 g/mol. The summed E-state index contributed by atoms with van der Waals surface area (Å²) in [6, 6.07) is 19.6. The summed E-state index contributed by atoms with van der Waals surface area (Å²) in [6.07, 6.45) is 0. The Hall–Kier alpha value is -3.06. The van der Waals surface area contributed by atoms with Crippen molar-refractivity contribution in [1.82, 2.24) is 4.57 Å². The second kappa shape index (κ2) is 4.99. The van der Waals surface area contributed by atoms with Crippen molar-refractivity contribution in [3.05, 3.63) is 65.9 Å². The van der Waals surface area contributed by atoms with Crippen molar-refractivity contribution in [2.75, 3.05) is 0 Å². The molecule has 1 aromatic heterocycles. The highest BCUT2D eigenvalue weighted by molar-refractivity contribution is 5.94. The van der Waals surface area contributed by atoms with Crippen molar-refractivity contribution < 1.29 is 9.53 Å². The van der Waals surface area contributed by atoms with E-state index in [0.29, 0.717) is 5.75 Å². The van der Waals surface area contributed by atoms with Gasteiger partial charge in [0.15, 0.2) is 11.7 Å². The lowest BCUT2D eigenvalue weighted by Crippen LogP contribution is -2.32. The molecule has 2 unspecified atom stereocenters. The number of para-hydroxylation sites is 1. The average molecular weight is 302 g/mol. The van der Waals surface area contributed by atoms with Gasteiger partial charge >= 0.3 is 5.97 Å². The Balaban J connectivity index is 2.06. The van der Waals surface area contributed by atoms with Crippen LogP contribution in [0.3, 0.4) is 0 Å². The van der Waals surface area contributed by atoms with Gasteiger partial charge in [-0.05, 0) is 17.7 Å². The molecule has 112 valence electrons. The van der Waals surface area contributed by atoms with E-state index < -0.39 is 11.9 Å². The second-order valence-corrected chi connectivity index (χ2v) is 5.71. The average Bonchev–Trinajstić information content (AvgIpc) is 2.87. The Morgan fingerprint density at radius 2 is 1.78 bits per heavy atom. The Kier molecular flexibility index (Phi) is 2.95. The van der Waals surface area contributed by atoms with E-state index in [-0.39, 0.29) is 5.92 Å². The standard InChI is InChI=1S/C19H14N2O2/c1-21-15-10-6-5-9-13(15)18-17(21)16(12-7-3-2-4-8-12)14(11-20)19(22)23-18/h2-10,14,16H,1H3. The molecular formula is C19H14N2O2. The van der Waals surface area contributed by atoms with Crippen molar-refractivity contribution in [3.63, 3.8) is 0 Å². The Bertz CT molecular complexity index is 951. The summed E-state index contributed by atoms with van der Waals surface area (Å²) >= 11 is 0. The number of benzene rings is 2. The fourth-order valence-electron chi connectivity index (χ4n) is 3.43. The van der Waals surface area contributed by atoms with Gasteiger partial charge in [0.1, 0.15) is 0 Å². The topological polar surface area (TPSA) is 55.0 Å². The molecule has 0 bridgehead atoms. The zero-order chi connectivity index (χ0) is 16.0. The Morgan fingerprint density at radius 1 is 1.09 bits per heavy atom. The fourth-order valence-corrected chi connectivity index (χ4v) is 3.43. The molecule has 2 heterocycles. The molecule has 0 saturated carbocycles. The fraction of sp³-hybridized carbons (Fsp3) is 0.158. The van der Waals surface area contributed by atoms with Crippen LogP contribution in [0.4, 0.5) is 0 Å². The SMILES string of the molecule is Cn1c2c(c3ccccc31)OC(=O)C(C#N)C2c1ccccc1. The summed E-state index contributed by atoms with van der Waals surface area (Å²) in [4.78, 5) is 12.4. The van der Waals surface area contributed by atoms with Crippen molar-refractivity contribution in [3.8, 4) is 11.8 Å². The number of hydrogen-bond donors (Lipinski definition) is 0. The molecule has 0 saturated heterocycles. The molecule has 2 atom stereocenters. The van der Waals surface area contributed by atoms with Gasteiger partial charge in [-0.15, -0.1) is 0 Å². The molecular weight excluding hydrogens is 288 g/mol. The minimum atomic E-state index is -0.840. The molecule has 0 spiro atoms. The predicted molar refractivity (Wildman–Crippen MR) is 85.9 cm³/mol. The highest BCUT2D eigenvalue weighted by Crippen LogP contribution is 2.46. The smallest absolute Gasteiger partial charge is 0.329 e. The van der Waals surface area contributed by atoms with E-state index in [4.69, 9.17) is 4.74 Å². The van der Waals surface area contributed by atoms with Crippen LogP contribution in [-0.4, -0.2) is 10.5 Å². The van der Waals surface area contributed by atoms with Crippen LogP contribution in [0, 0.1) is 17.2 Å². The van der Waals surface area contributed by atoms with Crippen molar-refractivity contribution >= 4 is 16.9 Å². The lowest BCUT2D eigenvalue weighted by molar-refractivity contribution is -0.138. The molecule has 4 rings (SSSR count). The molecule has 1 aliphatic heterocycles. The molecule has 2 aromatic carbocycles. The Morgan fingerprint density at radius 3 is 2.52 bits per heavy atom. The summed E-state index contributed by atoms with van der Waals surface area (Å²) in [5.74, 6) is -1.07. The third-order valence-corrected chi connectivity index (χ3v) is 4.49. The first-order valence-electron chi connectivity index (χ1n) is 7.46. The molecule has 0 aliphatic carbocycles. The first-order valence-corrected chi connectivity index (χ1v) is 7.46. The number of carbonyl (C=O) groups excluding carboxylic acids is 1. The number of nitriles is 1. The van der Waals surface area contributed by atoms with E-state index in [9.17, 15) is 10.1 Å². The summed E-state index contributed by atoms with van der Waals surface area (Å²) in [6.45, 7) is 0. The van der Waals surface area contributed by atoms with Crippen LogP contribution in [-0.2, 0) is 11.8 Å². The van der Waals surface area contributed by atoms with Gasteiger partial charge in [-0.2, -0.15) is 5.26 Å². The third kappa shape index (κ3) is 1.87. The number of fused-ring (bicyclic) bond motifs is 3. The number of carbonyl (C=O) groups is 1. The van der Waals surface area contributed by atoms with Gasteiger partial charge in [0.2, 0.25) is 0 Å². The highest BCUT2D eigenvalue weighted by Gasteiger charge is 2.42. The number of hydrogen-bond acceptors (Lipinski definition) is 3. The number of esters is 1. The molecule has 1 aliphatic rings. The van der Waals surface area contributed by atoms with Crippen molar-refractivity contribution in [1.29, 1.82) is 5.26 Å². The summed E-state index contributed by atoms with van der Waals surface area (Å²) in [5, 5.41) is 10.4. The van der Waals surface area contributed by atoms with E-state index in [2.05, 4.69) is 6.07 Å². The number of ether oxygens (including phenoxy) is 1. The number of aryl methyl sites for hydroxylation is 1. The maximum atomic E-state index is 12.4. The summed E-state index contributed by atoms with van der Waals surface area (Å²) in [7, 11) is 1.95. The van der Waals surface area contributed by atoms with Crippen molar-refractivity contribution in [2.45, 2.75) is 5.92 Å². The molecule has 3 aromatic rings. The maximum absolute atomic E-state index is 12.4. The number of rotatable bonds is 1. The Labute approximate surface area is 133 Å². The normalized spacial score (nSPS) is 19.9. The largest absolute Gasteiger partial charge is 0.423 e. The van der Waals surface area contributed by atoms with Gasteiger partial charge in [0, 0.05) is 12.4 Å². The zero-order valence-electron chi connectivity index (χ0n) is 12.6. The second-order valence-electron chi connectivity index (χ2n) is 5.71. The van der Waals surface area contributed by atoms with Gasteiger partial charge in [-0.1, -0.05) is 42.5 Å².